The molecular weight excluding hydrogens is 404 g/mol. The maximum Gasteiger partial charge on any atom is 0.244 e. The van der Waals surface area contributed by atoms with Crippen LogP contribution < -0.4 is 14.8 Å². The van der Waals surface area contributed by atoms with Gasteiger partial charge in [0.05, 0.1) is 19.1 Å². The summed E-state index contributed by atoms with van der Waals surface area (Å²) in [6, 6.07) is 11.9. The van der Waals surface area contributed by atoms with E-state index in [1.807, 2.05) is 24.3 Å². The largest absolute Gasteiger partial charge is 0.497 e. The second-order valence-corrected chi connectivity index (χ2v) is 9.15. The minimum Gasteiger partial charge on any atom is -0.497 e. The van der Waals surface area contributed by atoms with Crippen molar-refractivity contribution in [2.45, 2.75) is 37.1 Å². The van der Waals surface area contributed by atoms with E-state index < -0.39 is 16.1 Å². The average Bonchev–Trinajstić information content (AvgIpc) is 3.25. The molecule has 30 heavy (non-hydrogen) atoms. The summed E-state index contributed by atoms with van der Waals surface area (Å²) >= 11 is 0. The smallest absolute Gasteiger partial charge is 0.244 e. The van der Waals surface area contributed by atoms with Crippen molar-refractivity contribution < 1.29 is 22.7 Å². The van der Waals surface area contributed by atoms with Gasteiger partial charge in [0.2, 0.25) is 15.9 Å². The minimum atomic E-state index is -3.80. The highest BCUT2D eigenvalue weighted by Gasteiger charge is 2.40. The Morgan fingerprint density at radius 1 is 1.10 bits per heavy atom. The topological polar surface area (TPSA) is 84.9 Å². The van der Waals surface area contributed by atoms with Gasteiger partial charge in [0, 0.05) is 19.2 Å². The molecule has 2 aromatic carbocycles. The van der Waals surface area contributed by atoms with Crippen LogP contribution in [0, 0.1) is 6.92 Å². The summed E-state index contributed by atoms with van der Waals surface area (Å²) in [7, 11) is -0.692. The maximum absolute atomic E-state index is 13.3. The van der Waals surface area contributed by atoms with Crippen molar-refractivity contribution in [3.63, 3.8) is 0 Å². The molecule has 3 rings (SSSR count). The molecule has 1 fully saturated rings. The number of carbonyl (C=O) groups is 1. The molecule has 162 valence electrons. The lowest BCUT2D eigenvalue weighted by Crippen LogP contribution is -2.46. The zero-order chi connectivity index (χ0) is 21.7. The first-order chi connectivity index (χ1) is 14.4. The molecule has 1 aliphatic rings. The van der Waals surface area contributed by atoms with Crippen LogP contribution in [0.5, 0.6) is 11.5 Å². The fourth-order valence-corrected chi connectivity index (χ4v) is 5.54. The zero-order valence-electron chi connectivity index (χ0n) is 17.6. The summed E-state index contributed by atoms with van der Waals surface area (Å²) in [4.78, 5) is 13.0. The van der Waals surface area contributed by atoms with Gasteiger partial charge in [-0.1, -0.05) is 18.2 Å². The molecule has 2 aromatic rings. The van der Waals surface area contributed by atoms with Gasteiger partial charge in [-0.05, 0) is 55.5 Å². The van der Waals surface area contributed by atoms with Gasteiger partial charge in [0.1, 0.15) is 17.5 Å². The summed E-state index contributed by atoms with van der Waals surface area (Å²) in [5.41, 5.74) is 1.69. The lowest BCUT2D eigenvalue weighted by atomic mass is 10.1. The van der Waals surface area contributed by atoms with Crippen LogP contribution in [0.25, 0.3) is 0 Å². The van der Waals surface area contributed by atoms with Crippen molar-refractivity contribution in [3.05, 3.63) is 53.6 Å². The number of nitrogens with one attached hydrogen (secondary N) is 1. The first-order valence-electron chi connectivity index (χ1n) is 9.94. The van der Waals surface area contributed by atoms with Crippen LogP contribution in [0.1, 0.15) is 24.0 Å². The van der Waals surface area contributed by atoms with Crippen molar-refractivity contribution in [3.8, 4) is 11.5 Å². The highest BCUT2D eigenvalue weighted by molar-refractivity contribution is 7.89. The molecule has 1 aliphatic heterocycles. The third-order valence-corrected chi connectivity index (χ3v) is 7.41. The van der Waals surface area contributed by atoms with Crippen LogP contribution in [0.15, 0.2) is 47.4 Å². The quantitative estimate of drug-likeness (QED) is 0.693. The van der Waals surface area contributed by atoms with Crippen LogP contribution in [-0.4, -0.2) is 52.0 Å². The third kappa shape index (κ3) is 4.76. The van der Waals surface area contributed by atoms with Crippen LogP contribution >= 0.6 is 0 Å². The number of sulfonamides is 1. The summed E-state index contributed by atoms with van der Waals surface area (Å²) in [5, 5.41) is 2.89. The van der Waals surface area contributed by atoms with Crippen molar-refractivity contribution >= 4 is 15.9 Å². The molecule has 0 aromatic heterocycles. The normalized spacial score (nSPS) is 17.0. The molecule has 0 radical (unpaired) electrons. The van der Waals surface area contributed by atoms with Crippen LogP contribution in [0.2, 0.25) is 0 Å². The minimum absolute atomic E-state index is 0.180. The van der Waals surface area contributed by atoms with Gasteiger partial charge in [-0.2, -0.15) is 4.31 Å². The summed E-state index contributed by atoms with van der Waals surface area (Å²) in [6.45, 7) is 2.51. The lowest BCUT2D eigenvalue weighted by Gasteiger charge is -2.24. The Morgan fingerprint density at radius 3 is 2.43 bits per heavy atom. The molecule has 0 bridgehead atoms. The fraction of sp³-hybridized carbons (Fsp3) is 0.409. The van der Waals surface area contributed by atoms with Crippen molar-refractivity contribution in [1.82, 2.24) is 9.62 Å². The van der Waals surface area contributed by atoms with E-state index in [0.717, 1.165) is 11.3 Å². The number of benzene rings is 2. The number of carbonyl (C=O) groups excluding carboxylic acids is 1. The molecule has 1 saturated heterocycles. The second kappa shape index (κ2) is 9.49. The Bertz CT molecular complexity index is 989. The number of ether oxygens (including phenoxy) is 2. The highest BCUT2D eigenvalue weighted by Crippen LogP contribution is 2.30. The van der Waals surface area contributed by atoms with E-state index in [9.17, 15) is 13.2 Å². The summed E-state index contributed by atoms with van der Waals surface area (Å²) in [6.07, 6.45) is 1.82. The molecule has 1 heterocycles. The second-order valence-electron chi connectivity index (χ2n) is 7.29. The summed E-state index contributed by atoms with van der Waals surface area (Å²) in [5.74, 6) is 0.992. The molecule has 0 spiro atoms. The van der Waals surface area contributed by atoms with E-state index in [1.165, 1.54) is 17.5 Å². The van der Waals surface area contributed by atoms with Gasteiger partial charge >= 0.3 is 0 Å². The number of amides is 1. The maximum atomic E-state index is 13.3. The van der Waals surface area contributed by atoms with Gasteiger partial charge < -0.3 is 14.8 Å². The van der Waals surface area contributed by atoms with Crippen LogP contribution in [0.4, 0.5) is 0 Å². The molecule has 8 heteroatoms. The predicted octanol–water partition coefficient (Wildman–Crippen LogP) is 2.52. The van der Waals surface area contributed by atoms with E-state index >= 15 is 0 Å². The van der Waals surface area contributed by atoms with Gasteiger partial charge in [0.25, 0.3) is 0 Å². The standard InChI is InChI=1S/C22H28N2O5S/c1-16-6-9-19(29-3)15-21(16)30(26,27)24-14-4-5-20(24)22(25)23-13-12-17-7-10-18(28-2)11-8-17/h6-11,15,20H,4-5,12-14H2,1-3H3,(H,23,25). The van der Waals surface area contributed by atoms with Gasteiger partial charge in [-0.25, -0.2) is 8.42 Å². The first-order valence-corrected chi connectivity index (χ1v) is 11.4. The molecule has 0 saturated carbocycles. The molecule has 7 nitrogen and oxygen atoms in total. The van der Waals surface area contributed by atoms with Gasteiger partial charge in [0.15, 0.2) is 0 Å². The first kappa shape index (κ1) is 22.1. The van der Waals surface area contributed by atoms with Gasteiger partial charge in [-0.3, -0.25) is 4.79 Å². The highest BCUT2D eigenvalue weighted by atomic mass is 32.2. The molecule has 0 aliphatic carbocycles. The number of aryl methyl sites for hydroxylation is 1. The molecule has 1 unspecified atom stereocenters. The van der Waals surface area contributed by atoms with Crippen LogP contribution in [0.3, 0.4) is 0 Å². The Labute approximate surface area is 178 Å². The molecule has 1 N–H and O–H groups in total. The Kier molecular flexibility index (Phi) is 6.99. The van der Waals surface area contributed by atoms with E-state index in [4.69, 9.17) is 9.47 Å². The van der Waals surface area contributed by atoms with E-state index in [2.05, 4.69) is 5.32 Å². The van der Waals surface area contributed by atoms with Crippen molar-refractivity contribution in [1.29, 1.82) is 0 Å². The average molecular weight is 433 g/mol. The third-order valence-electron chi connectivity index (χ3n) is 5.36. The van der Waals surface area contributed by atoms with Crippen molar-refractivity contribution in [2.75, 3.05) is 27.3 Å². The number of hydrogen-bond acceptors (Lipinski definition) is 5. The molecule has 1 atom stereocenters. The van der Waals surface area contributed by atoms with E-state index in [-0.39, 0.29) is 10.8 Å². The zero-order valence-corrected chi connectivity index (χ0v) is 18.4. The van der Waals surface area contributed by atoms with Crippen LogP contribution in [-0.2, 0) is 21.2 Å². The molecular formula is C22H28N2O5S. The van der Waals surface area contributed by atoms with E-state index in [1.54, 1.807) is 26.2 Å². The Morgan fingerprint density at radius 2 is 1.77 bits per heavy atom. The molecule has 1 amide bonds. The summed E-state index contributed by atoms with van der Waals surface area (Å²) < 4.78 is 38.2. The SMILES string of the molecule is COc1ccc(CCNC(=O)C2CCCN2S(=O)(=O)c2cc(OC)ccc2C)cc1. The van der Waals surface area contributed by atoms with E-state index in [0.29, 0.717) is 43.7 Å². The number of hydrogen-bond donors (Lipinski definition) is 1. The number of rotatable bonds is 8. The monoisotopic (exact) mass is 432 g/mol. The van der Waals surface area contributed by atoms with Crippen molar-refractivity contribution in [2.24, 2.45) is 0 Å². The van der Waals surface area contributed by atoms with Gasteiger partial charge in [-0.15, -0.1) is 0 Å². The number of nitrogens with zero attached hydrogens (tertiary/aromatic N) is 1. The fourth-order valence-electron chi connectivity index (χ4n) is 3.64. The Balaban J connectivity index is 1.67. The number of methoxy groups -OCH3 is 2. The Hall–Kier alpha value is -2.58. The predicted molar refractivity (Wildman–Crippen MR) is 114 cm³/mol. The lowest BCUT2D eigenvalue weighted by molar-refractivity contribution is -0.124.